The van der Waals surface area contributed by atoms with Crippen molar-refractivity contribution < 1.29 is 18.7 Å². The Morgan fingerprint density at radius 3 is 2.57 bits per heavy atom. The van der Waals surface area contributed by atoms with Crippen molar-refractivity contribution in [3.8, 4) is 0 Å². The van der Waals surface area contributed by atoms with Crippen molar-refractivity contribution in [3.63, 3.8) is 0 Å². The second-order valence-electron chi connectivity index (χ2n) is 6.73. The Kier molecular flexibility index (Phi) is 5.51. The van der Waals surface area contributed by atoms with Gasteiger partial charge in [-0.25, -0.2) is 13.5 Å². The van der Waals surface area contributed by atoms with Crippen LogP contribution in [0.25, 0.3) is 0 Å². The largest absolute Gasteiger partial charge is 0.394 e. The van der Waals surface area contributed by atoms with Crippen LogP contribution >= 0.6 is 0 Å². The molecule has 0 aliphatic carbocycles. The molecule has 0 bridgehead atoms. The molecule has 8 heteroatoms. The summed E-state index contributed by atoms with van der Waals surface area (Å²) in [6.45, 7) is 3.04. The summed E-state index contributed by atoms with van der Waals surface area (Å²) in [4.78, 5) is 12.7. The molecule has 0 fully saturated rings. The molecule has 1 aromatic heterocycles. The summed E-state index contributed by atoms with van der Waals surface area (Å²) in [6, 6.07) is 12.3. The number of hydrogen-bond donors (Lipinski definition) is 2. The third-order valence-corrected chi connectivity index (χ3v) is 4.65. The molecule has 1 heterocycles. The van der Waals surface area contributed by atoms with Crippen molar-refractivity contribution in [2.24, 2.45) is 0 Å². The molecule has 2 aromatic carbocycles. The smallest absolute Gasteiger partial charge is 0.274 e. The minimum absolute atomic E-state index is 0.00811. The fourth-order valence-corrected chi connectivity index (χ4v) is 2.85. The van der Waals surface area contributed by atoms with Crippen LogP contribution in [-0.4, -0.2) is 32.6 Å². The highest BCUT2D eigenvalue weighted by molar-refractivity contribution is 5.93. The summed E-state index contributed by atoms with van der Waals surface area (Å²) < 4.78 is 28.3. The van der Waals surface area contributed by atoms with Crippen LogP contribution in [0.5, 0.6) is 0 Å². The van der Waals surface area contributed by atoms with Crippen molar-refractivity contribution >= 4 is 5.91 Å². The summed E-state index contributed by atoms with van der Waals surface area (Å²) in [5.41, 5.74) is 0.459. The number of aliphatic hydroxyl groups is 1. The lowest BCUT2D eigenvalue weighted by molar-refractivity contribution is 0.0843. The molecule has 3 aromatic rings. The monoisotopic (exact) mass is 386 g/mol. The maximum Gasteiger partial charge on any atom is 0.274 e. The van der Waals surface area contributed by atoms with Crippen molar-refractivity contribution in [1.82, 2.24) is 20.3 Å². The lowest BCUT2D eigenvalue weighted by Crippen LogP contribution is -2.46. The van der Waals surface area contributed by atoms with Gasteiger partial charge >= 0.3 is 0 Å². The zero-order valence-electron chi connectivity index (χ0n) is 15.5. The zero-order valence-corrected chi connectivity index (χ0v) is 15.5. The van der Waals surface area contributed by atoms with Gasteiger partial charge in [-0.3, -0.25) is 4.79 Å². The van der Waals surface area contributed by atoms with E-state index in [0.29, 0.717) is 5.69 Å². The predicted octanol–water partition coefficient (Wildman–Crippen LogP) is 2.55. The zero-order chi connectivity index (χ0) is 20.3. The predicted molar refractivity (Wildman–Crippen MR) is 98.6 cm³/mol. The van der Waals surface area contributed by atoms with Gasteiger partial charge in [-0.2, -0.15) is 0 Å². The first-order valence-electron chi connectivity index (χ1n) is 8.67. The lowest BCUT2D eigenvalue weighted by atomic mass is 9.92. The summed E-state index contributed by atoms with van der Waals surface area (Å²) in [6.07, 6.45) is 0. The Balaban J connectivity index is 1.82. The summed E-state index contributed by atoms with van der Waals surface area (Å²) >= 11 is 0. The van der Waals surface area contributed by atoms with Crippen LogP contribution in [-0.2, 0) is 12.1 Å². The number of carbonyl (C=O) groups excluding carboxylic acids is 1. The van der Waals surface area contributed by atoms with Gasteiger partial charge in [-0.15, -0.1) is 5.10 Å². The quantitative estimate of drug-likeness (QED) is 0.682. The second kappa shape index (κ2) is 7.85. The van der Waals surface area contributed by atoms with Crippen molar-refractivity contribution in [2.45, 2.75) is 25.9 Å². The molecule has 146 valence electrons. The molecular weight excluding hydrogens is 366 g/mol. The van der Waals surface area contributed by atoms with Gasteiger partial charge in [0, 0.05) is 11.6 Å². The van der Waals surface area contributed by atoms with E-state index in [1.165, 1.54) is 10.7 Å². The molecule has 2 N–H and O–H groups in total. The van der Waals surface area contributed by atoms with E-state index in [0.717, 1.165) is 17.7 Å². The molecule has 0 saturated carbocycles. The third kappa shape index (κ3) is 3.91. The molecule has 28 heavy (non-hydrogen) atoms. The second-order valence-corrected chi connectivity index (χ2v) is 6.73. The van der Waals surface area contributed by atoms with Crippen LogP contribution in [0.1, 0.15) is 34.2 Å². The van der Waals surface area contributed by atoms with Crippen LogP contribution in [0.3, 0.4) is 0 Å². The van der Waals surface area contributed by atoms with Gasteiger partial charge in [0.15, 0.2) is 5.69 Å². The average molecular weight is 386 g/mol. The molecule has 0 saturated heterocycles. The molecule has 1 unspecified atom stereocenters. The lowest BCUT2D eigenvalue weighted by Gasteiger charge is -2.29. The highest BCUT2D eigenvalue weighted by Gasteiger charge is 2.30. The fourth-order valence-electron chi connectivity index (χ4n) is 2.85. The molecule has 3 rings (SSSR count). The first-order chi connectivity index (χ1) is 13.3. The minimum atomic E-state index is -1.00. The summed E-state index contributed by atoms with van der Waals surface area (Å²) in [5.74, 6) is -1.87. The van der Waals surface area contributed by atoms with E-state index in [-0.39, 0.29) is 24.4 Å². The SMILES string of the molecule is Cc1c(C(=O)NC(C)(CO)c2ccccc2)nnn1Cc1ccc(F)cc1F. The Labute approximate surface area is 160 Å². The molecule has 1 atom stereocenters. The third-order valence-electron chi connectivity index (χ3n) is 4.65. The number of halogens is 2. The van der Waals surface area contributed by atoms with Crippen molar-refractivity contribution in [3.05, 3.63) is 82.7 Å². The maximum absolute atomic E-state index is 13.9. The van der Waals surface area contributed by atoms with Gasteiger partial charge in [0.25, 0.3) is 5.91 Å². The number of aliphatic hydroxyl groups excluding tert-OH is 1. The number of amides is 1. The van der Waals surface area contributed by atoms with Crippen LogP contribution in [0, 0.1) is 18.6 Å². The molecule has 6 nitrogen and oxygen atoms in total. The van der Waals surface area contributed by atoms with E-state index in [9.17, 15) is 18.7 Å². The van der Waals surface area contributed by atoms with Gasteiger partial charge in [0.2, 0.25) is 0 Å². The van der Waals surface area contributed by atoms with Gasteiger partial charge in [0.05, 0.1) is 24.4 Å². The molecule has 0 aliphatic heterocycles. The van der Waals surface area contributed by atoms with E-state index in [1.807, 2.05) is 18.2 Å². The number of carbonyl (C=O) groups is 1. The fraction of sp³-hybridized carbons (Fsp3) is 0.250. The Hall–Kier alpha value is -3.13. The molecule has 0 radical (unpaired) electrons. The van der Waals surface area contributed by atoms with E-state index < -0.39 is 23.1 Å². The van der Waals surface area contributed by atoms with Crippen LogP contribution in [0.15, 0.2) is 48.5 Å². The van der Waals surface area contributed by atoms with Crippen molar-refractivity contribution in [1.29, 1.82) is 0 Å². The first-order valence-corrected chi connectivity index (χ1v) is 8.67. The Bertz CT molecular complexity index is 991. The number of nitrogens with zero attached hydrogens (tertiary/aromatic N) is 3. The minimum Gasteiger partial charge on any atom is -0.394 e. The molecule has 0 aliphatic rings. The Morgan fingerprint density at radius 1 is 1.21 bits per heavy atom. The van der Waals surface area contributed by atoms with Crippen molar-refractivity contribution in [2.75, 3.05) is 6.61 Å². The van der Waals surface area contributed by atoms with Crippen LogP contribution < -0.4 is 5.32 Å². The maximum atomic E-state index is 13.9. The van der Waals surface area contributed by atoms with Gasteiger partial charge < -0.3 is 10.4 Å². The summed E-state index contributed by atoms with van der Waals surface area (Å²) in [5, 5.41) is 20.4. The molecule has 0 spiro atoms. The standard InChI is InChI=1S/C20H20F2N4O2/c1-13-18(19(28)23-20(2,12-27)15-6-4-3-5-7-15)24-25-26(13)11-14-8-9-16(21)10-17(14)22/h3-10,27H,11-12H2,1-2H3,(H,23,28). The number of benzene rings is 2. The summed E-state index contributed by atoms with van der Waals surface area (Å²) in [7, 11) is 0. The average Bonchev–Trinajstić information content (AvgIpc) is 3.05. The van der Waals surface area contributed by atoms with Gasteiger partial charge in [-0.1, -0.05) is 41.6 Å². The van der Waals surface area contributed by atoms with E-state index >= 15 is 0 Å². The Morgan fingerprint density at radius 2 is 1.93 bits per heavy atom. The first kappa shape index (κ1) is 19.6. The van der Waals surface area contributed by atoms with E-state index in [2.05, 4.69) is 15.6 Å². The van der Waals surface area contributed by atoms with Crippen LogP contribution in [0.4, 0.5) is 8.78 Å². The highest BCUT2D eigenvalue weighted by atomic mass is 19.1. The number of hydrogen-bond acceptors (Lipinski definition) is 4. The van der Waals surface area contributed by atoms with Gasteiger partial charge in [0.1, 0.15) is 11.6 Å². The van der Waals surface area contributed by atoms with Crippen LogP contribution in [0.2, 0.25) is 0 Å². The van der Waals surface area contributed by atoms with E-state index in [4.69, 9.17) is 0 Å². The molecular formula is C20H20F2N4O2. The topological polar surface area (TPSA) is 80.0 Å². The normalized spacial score (nSPS) is 13.2. The van der Waals surface area contributed by atoms with Gasteiger partial charge in [-0.05, 0) is 25.5 Å². The number of nitrogens with one attached hydrogen (secondary N) is 1. The highest BCUT2D eigenvalue weighted by Crippen LogP contribution is 2.21. The van der Waals surface area contributed by atoms with E-state index in [1.54, 1.807) is 26.0 Å². The molecule has 1 amide bonds. The number of aromatic nitrogens is 3. The number of rotatable bonds is 6.